The predicted molar refractivity (Wildman–Crippen MR) is 58.6 cm³/mol. The Morgan fingerprint density at radius 2 is 2.21 bits per heavy atom. The molecule has 3 heteroatoms. The van der Waals surface area contributed by atoms with Crippen LogP contribution in [0.2, 0.25) is 0 Å². The van der Waals surface area contributed by atoms with Gasteiger partial charge in [-0.3, -0.25) is 0 Å². The highest BCUT2D eigenvalue weighted by molar-refractivity contribution is 5.30. The molecule has 0 aliphatic heterocycles. The Bertz CT molecular complexity index is 310. The molecule has 1 aliphatic carbocycles. The monoisotopic (exact) mass is 193 g/mol. The van der Waals surface area contributed by atoms with Gasteiger partial charge in [-0.2, -0.15) is 0 Å². The SMILES string of the molecule is Cc1cn(C2CCC2)c(NC(C)C)n1. The molecule has 0 spiro atoms. The quantitative estimate of drug-likeness (QED) is 0.800. The van der Waals surface area contributed by atoms with Crippen LogP contribution < -0.4 is 5.32 Å². The first-order chi connectivity index (χ1) is 6.66. The maximum absolute atomic E-state index is 4.51. The highest BCUT2D eigenvalue weighted by Crippen LogP contribution is 2.34. The number of aromatic nitrogens is 2. The van der Waals surface area contributed by atoms with Gasteiger partial charge in [0, 0.05) is 18.3 Å². The van der Waals surface area contributed by atoms with Gasteiger partial charge in [0.05, 0.1) is 5.69 Å². The van der Waals surface area contributed by atoms with E-state index in [9.17, 15) is 0 Å². The molecule has 1 saturated carbocycles. The molecule has 0 amide bonds. The van der Waals surface area contributed by atoms with E-state index in [1.54, 1.807) is 0 Å². The Morgan fingerprint density at radius 1 is 1.50 bits per heavy atom. The van der Waals surface area contributed by atoms with Gasteiger partial charge in [-0.25, -0.2) is 4.98 Å². The van der Waals surface area contributed by atoms with E-state index in [1.165, 1.54) is 19.3 Å². The minimum absolute atomic E-state index is 0.454. The number of aryl methyl sites for hydroxylation is 1. The highest BCUT2D eigenvalue weighted by Gasteiger charge is 2.22. The molecule has 3 nitrogen and oxygen atoms in total. The van der Waals surface area contributed by atoms with Gasteiger partial charge in [0.2, 0.25) is 5.95 Å². The molecule has 0 unspecified atom stereocenters. The minimum Gasteiger partial charge on any atom is -0.353 e. The maximum atomic E-state index is 4.51. The molecule has 1 heterocycles. The van der Waals surface area contributed by atoms with Gasteiger partial charge in [-0.1, -0.05) is 0 Å². The summed E-state index contributed by atoms with van der Waals surface area (Å²) < 4.78 is 2.30. The normalized spacial score (nSPS) is 17.1. The van der Waals surface area contributed by atoms with Gasteiger partial charge in [-0.15, -0.1) is 0 Å². The second-order valence-electron chi connectivity index (χ2n) is 4.50. The summed E-state index contributed by atoms with van der Waals surface area (Å²) in [5.41, 5.74) is 1.11. The number of imidazole rings is 1. The van der Waals surface area contributed by atoms with Crippen LogP contribution in [0.1, 0.15) is 44.8 Å². The molecular weight excluding hydrogens is 174 g/mol. The average molecular weight is 193 g/mol. The standard InChI is InChI=1S/C11H19N3/c1-8(2)12-11-13-9(3)7-14(11)10-5-4-6-10/h7-8,10H,4-6H2,1-3H3,(H,12,13). The molecule has 1 aromatic rings. The van der Waals surface area contributed by atoms with E-state index in [-0.39, 0.29) is 0 Å². The van der Waals surface area contributed by atoms with Gasteiger partial charge in [-0.05, 0) is 40.0 Å². The molecule has 0 bridgehead atoms. The van der Waals surface area contributed by atoms with Crippen LogP contribution in [0.3, 0.4) is 0 Å². The molecule has 0 saturated heterocycles. The summed E-state index contributed by atoms with van der Waals surface area (Å²) in [5.74, 6) is 1.04. The van der Waals surface area contributed by atoms with Crippen LogP contribution in [0.25, 0.3) is 0 Å². The molecule has 1 aliphatic rings. The number of hydrogen-bond acceptors (Lipinski definition) is 2. The molecule has 78 valence electrons. The van der Waals surface area contributed by atoms with Crippen molar-refractivity contribution in [3.8, 4) is 0 Å². The third kappa shape index (κ3) is 1.76. The fourth-order valence-electron chi connectivity index (χ4n) is 1.82. The summed E-state index contributed by atoms with van der Waals surface area (Å²) >= 11 is 0. The van der Waals surface area contributed by atoms with Crippen molar-refractivity contribution in [1.82, 2.24) is 9.55 Å². The predicted octanol–water partition coefficient (Wildman–Crippen LogP) is 2.74. The summed E-state index contributed by atoms with van der Waals surface area (Å²) in [5, 5.41) is 3.40. The van der Waals surface area contributed by atoms with Crippen LogP contribution in [0, 0.1) is 6.92 Å². The fourth-order valence-corrected chi connectivity index (χ4v) is 1.82. The van der Waals surface area contributed by atoms with Crippen molar-refractivity contribution in [2.45, 2.75) is 52.1 Å². The topological polar surface area (TPSA) is 29.9 Å². The largest absolute Gasteiger partial charge is 0.353 e. The van der Waals surface area contributed by atoms with Crippen molar-refractivity contribution in [3.63, 3.8) is 0 Å². The molecule has 1 N–H and O–H groups in total. The van der Waals surface area contributed by atoms with Crippen LogP contribution >= 0.6 is 0 Å². The number of nitrogens with one attached hydrogen (secondary N) is 1. The number of rotatable bonds is 3. The average Bonchev–Trinajstić information content (AvgIpc) is 2.26. The molecule has 1 fully saturated rings. The molecule has 14 heavy (non-hydrogen) atoms. The molecular formula is C11H19N3. The zero-order chi connectivity index (χ0) is 10.1. The maximum Gasteiger partial charge on any atom is 0.203 e. The third-order valence-corrected chi connectivity index (χ3v) is 2.74. The Hall–Kier alpha value is -0.990. The lowest BCUT2D eigenvalue weighted by molar-refractivity contribution is 0.316. The van der Waals surface area contributed by atoms with E-state index in [2.05, 4.69) is 41.8 Å². The zero-order valence-corrected chi connectivity index (χ0v) is 9.25. The molecule has 0 aromatic carbocycles. The third-order valence-electron chi connectivity index (χ3n) is 2.74. The summed E-state index contributed by atoms with van der Waals surface area (Å²) in [6, 6.07) is 1.15. The van der Waals surface area contributed by atoms with Crippen LogP contribution in [0.15, 0.2) is 6.20 Å². The highest BCUT2D eigenvalue weighted by atomic mass is 15.2. The van der Waals surface area contributed by atoms with Gasteiger partial charge in [0.15, 0.2) is 0 Å². The van der Waals surface area contributed by atoms with Crippen LogP contribution in [0.4, 0.5) is 5.95 Å². The van der Waals surface area contributed by atoms with Crippen LogP contribution in [0.5, 0.6) is 0 Å². The number of nitrogens with zero attached hydrogens (tertiary/aromatic N) is 2. The Kier molecular flexibility index (Phi) is 2.48. The number of anilines is 1. The van der Waals surface area contributed by atoms with Crippen LogP contribution in [-0.4, -0.2) is 15.6 Å². The van der Waals surface area contributed by atoms with E-state index >= 15 is 0 Å². The van der Waals surface area contributed by atoms with Crippen molar-refractivity contribution in [3.05, 3.63) is 11.9 Å². The molecule has 0 atom stereocenters. The molecule has 0 radical (unpaired) electrons. The van der Waals surface area contributed by atoms with Crippen molar-refractivity contribution < 1.29 is 0 Å². The Labute approximate surface area is 85.5 Å². The lowest BCUT2D eigenvalue weighted by Gasteiger charge is -2.28. The fraction of sp³-hybridized carbons (Fsp3) is 0.727. The van der Waals surface area contributed by atoms with E-state index < -0.39 is 0 Å². The van der Waals surface area contributed by atoms with E-state index in [0.717, 1.165) is 11.6 Å². The first-order valence-electron chi connectivity index (χ1n) is 5.49. The second-order valence-corrected chi connectivity index (χ2v) is 4.50. The summed E-state index contributed by atoms with van der Waals surface area (Å²) in [4.78, 5) is 4.51. The van der Waals surface area contributed by atoms with Crippen LogP contribution in [-0.2, 0) is 0 Å². The van der Waals surface area contributed by atoms with E-state index in [0.29, 0.717) is 12.1 Å². The smallest absolute Gasteiger partial charge is 0.203 e. The summed E-state index contributed by atoms with van der Waals surface area (Å²) in [6.45, 7) is 6.35. The van der Waals surface area contributed by atoms with Crippen molar-refractivity contribution >= 4 is 5.95 Å². The van der Waals surface area contributed by atoms with E-state index in [4.69, 9.17) is 0 Å². The summed E-state index contributed by atoms with van der Waals surface area (Å²) in [6.07, 6.45) is 6.14. The first-order valence-corrected chi connectivity index (χ1v) is 5.49. The Morgan fingerprint density at radius 3 is 2.71 bits per heavy atom. The van der Waals surface area contributed by atoms with Crippen molar-refractivity contribution in [2.75, 3.05) is 5.32 Å². The van der Waals surface area contributed by atoms with Gasteiger partial charge >= 0.3 is 0 Å². The van der Waals surface area contributed by atoms with Gasteiger partial charge < -0.3 is 9.88 Å². The summed E-state index contributed by atoms with van der Waals surface area (Å²) in [7, 11) is 0. The first kappa shape index (κ1) is 9.56. The van der Waals surface area contributed by atoms with Crippen molar-refractivity contribution in [1.29, 1.82) is 0 Å². The lowest BCUT2D eigenvalue weighted by atomic mass is 9.93. The Balaban J connectivity index is 2.19. The number of hydrogen-bond donors (Lipinski definition) is 1. The van der Waals surface area contributed by atoms with Crippen molar-refractivity contribution in [2.24, 2.45) is 0 Å². The molecule has 1 aromatic heterocycles. The van der Waals surface area contributed by atoms with E-state index in [1.807, 2.05) is 0 Å². The second kappa shape index (κ2) is 3.64. The van der Waals surface area contributed by atoms with Gasteiger partial charge in [0.25, 0.3) is 0 Å². The zero-order valence-electron chi connectivity index (χ0n) is 9.25. The minimum atomic E-state index is 0.454. The molecule has 2 rings (SSSR count). The van der Waals surface area contributed by atoms with Gasteiger partial charge in [0.1, 0.15) is 0 Å². The lowest BCUT2D eigenvalue weighted by Crippen LogP contribution is -2.21.